The number of nitrogens with zero attached hydrogens (tertiary/aromatic N) is 2. The molecule has 1 heterocycles. The van der Waals surface area contributed by atoms with E-state index in [0.29, 0.717) is 31.0 Å². The van der Waals surface area contributed by atoms with Crippen molar-refractivity contribution in [3.63, 3.8) is 0 Å². The molecule has 4 heteroatoms. The minimum absolute atomic E-state index is 0.173. The van der Waals surface area contributed by atoms with Crippen LogP contribution in [0.25, 0.3) is 0 Å². The number of rotatable bonds is 6. The van der Waals surface area contributed by atoms with Gasteiger partial charge in [0.25, 0.3) is 5.91 Å². The van der Waals surface area contributed by atoms with Crippen molar-refractivity contribution in [3.05, 3.63) is 35.4 Å². The molecule has 0 N–H and O–H groups in total. The molecular formula is C20H26N2O2. The predicted molar refractivity (Wildman–Crippen MR) is 92.5 cm³/mol. The standard InChI is InChI=1S/C20H26N2O2/c1-14(16-7-8-16)22(18-9-10-18)20(24)17-5-2-4-15(12-17)13-21-11-3-6-19(21)23/h2,4-5,12,14,16,18H,3,6-11,13H2,1H3. The molecule has 0 bridgehead atoms. The second-order valence-electron chi connectivity index (χ2n) is 7.64. The molecule has 0 spiro atoms. The molecule has 0 radical (unpaired) electrons. The summed E-state index contributed by atoms with van der Waals surface area (Å²) in [7, 11) is 0. The van der Waals surface area contributed by atoms with Crippen LogP contribution >= 0.6 is 0 Å². The van der Waals surface area contributed by atoms with Crippen LogP contribution in [0.2, 0.25) is 0 Å². The lowest BCUT2D eigenvalue weighted by atomic mass is 10.1. The van der Waals surface area contributed by atoms with Gasteiger partial charge in [0, 0.05) is 37.2 Å². The third-order valence-corrected chi connectivity index (χ3v) is 5.64. The zero-order chi connectivity index (χ0) is 16.7. The first kappa shape index (κ1) is 15.7. The lowest BCUT2D eigenvalue weighted by Gasteiger charge is -2.30. The van der Waals surface area contributed by atoms with Crippen LogP contribution in [0, 0.1) is 5.92 Å². The van der Waals surface area contributed by atoms with Crippen LogP contribution in [0.15, 0.2) is 24.3 Å². The fourth-order valence-electron chi connectivity index (χ4n) is 3.89. The highest BCUT2D eigenvalue weighted by Crippen LogP contribution is 2.40. The van der Waals surface area contributed by atoms with E-state index < -0.39 is 0 Å². The Morgan fingerprint density at radius 3 is 2.71 bits per heavy atom. The van der Waals surface area contributed by atoms with Crippen LogP contribution in [-0.4, -0.2) is 40.2 Å². The smallest absolute Gasteiger partial charge is 0.254 e. The van der Waals surface area contributed by atoms with Crippen molar-refractivity contribution in [3.8, 4) is 0 Å². The topological polar surface area (TPSA) is 40.6 Å². The van der Waals surface area contributed by atoms with E-state index in [2.05, 4.69) is 11.8 Å². The van der Waals surface area contributed by atoms with E-state index in [-0.39, 0.29) is 11.8 Å². The molecule has 0 aromatic heterocycles. The number of benzene rings is 1. The molecule has 1 aromatic rings. The van der Waals surface area contributed by atoms with E-state index in [4.69, 9.17) is 0 Å². The molecule has 3 aliphatic rings. The third-order valence-electron chi connectivity index (χ3n) is 5.64. The zero-order valence-electron chi connectivity index (χ0n) is 14.4. The fourth-order valence-corrected chi connectivity index (χ4v) is 3.89. The SMILES string of the molecule is CC(C1CC1)N(C(=O)c1cccc(CN2CCCC2=O)c1)C1CC1. The minimum Gasteiger partial charge on any atom is -0.338 e. The Morgan fingerprint density at radius 2 is 2.08 bits per heavy atom. The first-order valence-corrected chi connectivity index (χ1v) is 9.33. The predicted octanol–water partition coefficient (Wildman–Crippen LogP) is 3.21. The minimum atomic E-state index is 0.173. The van der Waals surface area contributed by atoms with Crippen molar-refractivity contribution in [1.82, 2.24) is 9.80 Å². The Hall–Kier alpha value is -1.84. The van der Waals surface area contributed by atoms with Gasteiger partial charge in [-0.2, -0.15) is 0 Å². The molecule has 1 atom stereocenters. The van der Waals surface area contributed by atoms with Crippen LogP contribution in [-0.2, 0) is 11.3 Å². The van der Waals surface area contributed by atoms with Gasteiger partial charge in [-0.3, -0.25) is 9.59 Å². The summed E-state index contributed by atoms with van der Waals surface area (Å²) in [4.78, 5) is 29.0. The Bertz CT molecular complexity index is 649. The molecule has 4 rings (SSSR count). The average molecular weight is 326 g/mol. The Morgan fingerprint density at radius 1 is 1.29 bits per heavy atom. The summed E-state index contributed by atoms with van der Waals surface area (Å²) in [5, 5.41) is 0. The van der Waals surface area contributed by atoms with Gasteiger partial charge in [0.05, 0.1) is 0 Å². The number of amides is 2. The van der Waals surface area contributed by atoms with Gasteiger partial charge in [0.2, 0.25) is 5.91 Å². The maximum atomic E-state index is 13.1. The van der Waals surface area contributed by atoms with Crippen LogP contribution in [0.4, 0.5) is 0 Å². The second kappa shape index (κ2) is 6.23. The van der Waals surface area contributed by atoms with Gasteiger partial charge >= 0.3 is 0 Å². The quantitative estimate of drug-likeness (QED) is 0.805. The molecule has 4 nitrogen and oxygen atoms in total. The summed E-state index contributed by atoms with van der Waals surface area (Å²) in [5.41, 5.74) is 1.84. The first-order valence-electron chi connectivity index (χ1n) is 9.33. The van der Waals surface area contributed by atoms with Gasteiger partial charge in [0.1, 0.15) is 0 Å². The summed E-state index contributed by atoms with van der Waals surface area (Å²) < 4.78 is 0. The van der Waals surface area contributed by atoms with Gasteiger partial charge in [-0.15, -0.1) is 0 Å². The summed E-state index contributed by atoms with van der Waals surface area (Å²) >= 11 is 0. The van der Waals surface area contributed by atoms with Crippen molar-refractivity contribution in [2.24, 2.45) is 5.92 Å². The number of hydrogen-bond donors (Lipinski definition) is 0. The molecule has 3 fully saturated rings. The summed E-state index contributed by atoms with van der Waals surface area (Å²) in [5.74, 6) is 1.10. The highest BCUT2D eigenvalue weighted by Gasteiger charge is 2.41. The van der Waals surface area contributed by atoms with Gasteiger partial charge in [-0.05, 0) is 62.6 Å². The van der Waals surface area contributed by atoms with E-state index in [1.54, 1.807) is 0 Å². The lowest BCUT2D eigenvalue weighted by Crippen LogP contribution is -2.41. The van der Waals surface area contributed by atoms with Gasteiger partial charge in [0.15, 0.2) is 0 Å². The van der Waals surface area contributed by atoms with Gasteiger partial charge in [-0.1, -0.05) is 12.1 Å². The monoisotopic (exact) mass is 326 g/mol. The molecule has 1 unspecified atom stereocenters. The zero-order valence-corrected chi connectivity index (χ0v) is 14.4. The average Bonchev–Trinajstić information content (AvgIpc) is 3.48. The molecule has 2 aliphatic carbocycles. The number of carbonyl (C=O) groups excluding carboxylic acids is 2. The third kappa shape index (κ3) is 3.19. The van der Waals surface area contributed by atoms with Crippen LogP contribution in [0.1, 0.15) is 61.4 Å². The molecule has 1 aliphatic heterocycles. The fraction of sp³-hybridized carbons (Fsp3) is 0.600. The maximum absolute atomic E-state index is 13.1. The van der Waals surface area contributed by atoms with E-state index in [1.807, 2.05) is 29.2 Å². The molecule has 2 saturated carbocycles. The highest BCUT2D eigenvalue weighted by molar-refractivity contribution is 5.95. The molecule has 2 amide bonds. The molecule has 24 heavy (non-hydrogen) atoms. The van der Waals surface area contributed by atoms with Crippen LogP contribution in [0.5, 0.6) is 0 Å². The maximum Gasteiger partial charge on any atom is 0.254 e. The van der Waals surface area contributed by atoms with Crippen LogP contribution < -0.4 is 0 Å². The summed E-state index contributed by atoms with van der Waals surface area (Å²) in [6.07, 6.45) is 6.41. The van der Waals surface area contributed by atoms with Crippen molar-refractivity contribution in [1.29, 1.82) is 0 Å². The number of carbonyl (C=O) groups is 2. The Balaban J connectivity index is 1.51. The lowest BCUT2D eigenvalue weighted by molar-refractivity contribution is -0.128. The van der Waals surface area contributed by atoms with Gasteiger partial charge in [-0.25, -0.2) is 0 Å². The van der Waals surface area contributed by atoms with Gasteiger partial charge < -0.3 is 9.80 Å². The summed E-state index contributed by atoms with van der Waals surface area (Å²) in [6, 6.07) is 8.69. The van der Waals surface area contributed by atoms with Crippen LogP contribution in [0.3, 0.4) is 0 Å². The highest BCUT2D eigenvalue weighted by atomic mass is 16.2. The van der Waals surface area contributed by atoms with E-state index in [9.17, 15) is 9.59 Å². The first-order chi connectivity index (χ1) is 11.6. The molecule has 1 aromatic carbocycles. The number of likely N-dealkylation sites (tertiary alicyclic amines) is 1. The van der Waals surface area contributed by atoms with E-state index in [1.165, 1.54) is 12.8 Å². The normalized spacial score (nSPS) is 21.9. The Labute approximate surface area is 143 Å². The molecule has 1 saturated heterocycles. The van der Waals surface area contributed by atoms with Crippen molar-refractivity contribution >= 4 is 11.8 Å². The largest absolute Gasteiger partial charge is 0.338 e. The van der Waals surface area contributed by atoms with Crippen molar-refractivity contribution in [2.45, 2.75) is 64.1 Å². The second-order valence-corrected chi connectivity index (χ2v) is 7.64. The van der Waals surface area contributed by atoms with E-state index >= 15 is 0 Å². The van der Waals surface area contributed by atoms with Crippen molar-refractivity contribution in [2.75, 3.05) is 6.54 Å². The number of hydrogen-bond acceptors (Lipinski definition) is 2. The van der Waals surface area contributed by atoms with E-state index in [0.717, 1.165) is 36.9 Å². The van der Waals surface area contributed by atoms with Crippen molar-refractivity contribution < 1.29 is 9.59 Å². The molecule has 128 valence electrons. The molecular weight excluding hydrogens is 300 g/mol. The summed E-state index contributed by atoms with van der Waals surface area (Å²) in [6.45, 7) is 3.67. The Kier molecular flexibility index (Phi) is 4.07.